The number of carbonyl (C=O) groups excluding carboxylic acids is 2. The van der Waals surface area contributed by atoms with Crippen LogP contribution in [0, 0.1) is 6.92 Å². The van der Waals surface area contributed by atoms with Gasteiger partial charge in [0, 0.05) is 17.7 Å². The number of ether oxygens (including phenoxy) is 1. The quantitative estimate of drug-likeness (QED) is 0.504. The molecule has 0 saturated heterocycles. The third kappa shape index (κ3) is 5.42. The molecule has 0 unspecified atom stereocenters. The number of nitrogens with one attached hydrogen (secondary N) is 1. The summed E-state index contributed by atoms with van der Waals surface area (Å²) >= 11 is 0. The van der Waals surface area contributed by atoms with Gasteiger partial charge >= 0.3 is 5.97 Å². The Morgan fingerprint density at radius 2 is 1.76 bits per heavy atom. The van der Waals surface area contributed by atoms with Crippen LogP contribution in [-0.2, 0) is 14.3 Å². The van der Waals surface area contributed by atoms with E-state index < -0.39 is 11.9 Å². The highest BCUT2D eigenvalue weighted by Crippen LogP contribution is 2.25. The van der Waals surface area contributed by atoms with Crippen molar-refractivity contribution in [2.24, 2.45) is 0 Å². The van der Waals surface area contributed by atoms with Crippen LogP contribution in [0.15, 0.2) is 72.3 Å². The second-order valence-electron chi connectivity index (χ2n) is 6.91. The van der Waals surface area contributed by atoms with Crippen LogP contribution in [0.4, 0.5) is 5.82 Å². The summed E-state index contributed by atoms with van der Waals surface area (Å²) in [5.41, 5.74) is 4.44. The molecule has 1 amide bonds. The molecule has 0 aliphatic heterocycles. The van der Waals surface area contributed by atoms with E-state index in [9.17, 15) is 9.59 Å². The number of amides is 1. The highest BCUT2D eigenvalue weighted by Gasteiger charge is 2.14. The van der Waals surface area contributed by atoms with E-state index in [1.165, 1.54) is 6.08 Å². The van der Waals surface area contributed by atoms with Crippen molar-refractivity contribution >= 4 is 17.7 Å². The van der Waals surface area contributed by atoms with Crippen LogP contribution in [0.5, 0.6) is 0 Å². The molecule has 1 aromatic heterocycles. The van der Waals surface area contributed by atoms with Gasteiger partial charge in [-0.05, 0) is 32.9 Å². The normalized spacial score (nSPS) is 10.3. The fourth-order valence-electron chi connectivity index (χ4n) is 2.69. The number of aryl methyl sites for hydroxylation is 1. The summed E-state index contributed by atoms with van der Waals surface area (Å²) in [5.74, 6) is -0.486. The Labute approximate surface area is 169 Å². The molecule has 0 radical (unpaired) electrons. The van der Waals surface area contributed by atoms with Crippen LogP contribution in [0.25, 0.3) is 16.9 Å². The standard InChI is InChI=1S/C23H23N3O3/c1-16(2)13-23(28)29-15-22(27)24-21-14-20(18-11-9-17(3)10-12-18)25-26(21)19-7-5-4-6-8-19/h4-14H,15H2,1-3H3,(H,24,27). The van der Waals surface area contributed by atoms with Gasteiger partial charge < -0.3 is 10.1 Å². The van der Waals surface area contributed by atoms with E-state index in [2.05, 4.69) is 10.4 Å². The second kappa shape index (κ2) is 9.01. The fourth-order valence-corrected chi connectivity index (χ4v) is 2.69. The molecule has 0 spiro atoms. The van der Waals surface area contributed by atoms with Crippen LogP contribution < -0.4 is 5.32 Å². The first kappa shape index (κ1) is 20.1. The van der Waals surface area contributed by atoms with Crippen molar-refractivity contribution in [2.75, 3.05) is 11.9 Å². The second-order valence-corrected chi connectivity index (χ2v) is 6.91. The number of carbonyl (C=O) groups is 2. The number of hydrogen-bond donors (Lipinski definition) is 1. The minimum Gasteiger partial charge on any atom is -0.452 e. The smallest absolute Gasteiger partial charge is 0.331 e. The van der Waals surface area contributed by atoms with Crippen LogP contribution in [0.2, 0.25) is 0 Å². The van der Waals surface area contributed by atoms with E-state index in [0.29, 0.717) is 5.82 Å². The first-order valence-corrected chi connectivity index (χ1v) is 9.26. The lowest BCUT2D eigenvalue weighted by molar-refractivity contribution is -0.142. The Balaban J connectivity index is 1.84. The molecule has 29 heavy (non-hydrogen) atoms. The average molecular weight is 389 g/mol. The molecule has 3 aromatic rings. The summed E-state index contributed by atoms with van der Waals surface area (Å²) in [6, 6.07) is 19.3. The van der Waals surface area contributed by atoms with E-state index in [4.69, 9.17) is 4.74 Å². The summed E-state index contributed by atoms with van der Waals surface area (Å²) in [5, 5.41) is 7.44. The Morgan fingerprint density at radius 3 is 2.41 bits per heavy atom. The maximum absolute atomic E-state index is 12.3. The Morgan fingerprint density at radius 1 is 1.07 bits per heavy atom. The van der Waals surface area contributed by atoms with Gasteiger partial charge in [-0.1, -0.05) is 53.6 Å². The van der Waals surface area contributed by atoms with Gasteiger partial charge in [-0.2, -0.15) is 5.10 Å². The first-order valence-electron chi connectivity index (χ1n) is 9.26. The number of aromatic nitrogens is 2. The number of hydrogen-bond acceptors (Lipinski definition) is 4. The summed E-state index contributed by atoms with van der Waals surface area (Å²) in [4.78, 5) is 23.9. The third-order valence-corrected chi connectivity index (χ3v) is 4.08. The molecule has 0 aliphatic rings. The summed E-state index contributed by atoms with van der Waals surface area (Å²) in [6.45, 7) is 5.22. The topological polar surface area (TPSA) is 73.2 Å². The van der Waals surface area contributed by atoms with Crippen LogP contribution in [0.1, 0.15) is 19.4 Å². The van der Waals surface area contributed by atoms with Crippen molar-refractivity contribution in [1.29, 1.82) is 0 Å². The molecular weight excluding hydrogens is 366 g/mol. The number of nitrogens with zero attached hydrogens (tertiary/aromatic N) is 2. The SMILES string of the molecule is CC(C)=CC(=O)OCC(=O)Nc1cc(-c2ccc(C)cc2)nn1-c1ccccc1. The number of rotatable bonds is 6. The van der Waals surface area contributed by atoms with Gasteiger partial charge in [0.25, 0.3) is 5.91 Å². The lowest BCUT2D eigenvalue weighted by Gasteiger charge is -2.08. The van der Waals surface area contributed by atoms with E-state index in [1.807, 2.05) is 61.5 Å². The van der Waals surface area contributed by atoms with Crippen molar-refractivity contribution in [3.8, 4) is 16.9 Å². The predicted octanol–water partition coefficient (Wildman–Crippen LogP) is 4.30. The molecule has 1 heterocycles. The van der Waals surface area contributed by atoms with Gasteiger partial charge in [0.15, 0.2) is 6.61 Å². The van der Waals surface area contributed by atoms with Crippen molar-refractivity contribution in [2.45, 2.75) is 20.8 Å². The molecule has 148 valence electrons. The van der Waals surface area contributed by atoms with Gasteiger partial charge in [-0.15, -0.1) is 0 Å². The van der Waals surface area contributed by atoms with Gasteiger partial charge in [0.05, 0.1) is 11.4 Å². The van der Waals surface area contributed by atoms with E-state index >= 15 is 0 Å². The Kier molecular flexibility index (Phi) is 6.24. The number of benzene rings is 2. The van der Waals surface area contributed by atoms with E-state index in [1.54, 1.807) is 24.6 Å². The molecule has 0 fully saturated rings. The molecule has 6 heteroatoms. The predicted molar refractivity (Wildman–Crippen MR) is 113 cm³/mol. The van der Waals surface area contributed by atoms with E-state index in [0.717, 1.165) is 28.1 Å². The molecule has 3 rings (SSSR count). The Bertz CT molecular complexity index is 1030. The van der Waals surface area contributed by atoms with Gasteiger partial charge in [-0.25, -0.2) is 9.48 Å². The highest BCUT2D eigenvalue weighted by atomic mass is 16.5. The van der Waals surface area contributed by atoms with Crippen LogP contribution in [-0.4, -0.2) is 28.3 Å². The molecule has 0 bridgehead atoms. The van der Waals surface area contributed by atoms with Crippen molar-refractivity contribution in [3.63, 3.8) is 0 Å². The zero-order chi connectivity index (χ0) is 20.8. The monoisotopic (exact) mass is 389 g/mol. The lowest BCUT2D eigenvalue weighted by Crippen LogP contribution is -2.21. The maximum atomic E-state index is 12.3. The zero-order valence-electron chi connectivity index (χ0n) is 16.7. The third-order valence-electron chi connectivity index (χ3n) is 4.08. The zero-order valence-corrected chi connectivity index (χ0v) is 16.7. The number of para-hydroxylation sites is 1. The summed E-state index contributed by atoms with van der Waals surface area (Å²) < 4.78 is 6.64. The molecule has 2 aromatic carbocycles. The van der Waals surface area contributed by atoms with Crippen LogP contribution >= 0.6 is 0 Å². The van der Waals surface area contributed by atoms with Crippen LogP contribution in [0.3, 0.4) is 0 Å². The highest BCUT2D eigenvalue weighted by molar-refractivity contribution is 5.94. The largest absolute Gasteiger partial charge is 0.452 e. The Hall–Kier alpha value is -3.67. The van der Waals surface area contributed by atoms with Gasteiger partial charge in [0.1, 0.15) is 5.82 Å². The molecule has 0 atom stereocenters. The number of anilines is 1. The molecule has 0 saturated carbocycles. The van der Waals surface area contributed by atoms with E-state index in [-0.39, 0.29) is 6.61 Å². The average Bonchev–Trinajstić information content (AvgIpc) is 3.11. The number of esters is 1. The summed E-state index contributed by atoms with van der Waals surface area (Å²) in [7, 11) is 0. The first-order chi connectivity index (χ1) is 13.9. The molecule has 1 N–H and O–H groups in total. The van der Waals surface area contributed by atoms with Gasteiger partial charge in [0.2, 0.25) is 0 Å². The fraction of sp³-hybridized carbons (Fsp3) is 0.174. The van der Waals surface area contributed by atoms with Gasteiger partial charge in [-0.3, -0.25) is 4.79 Å². The molecular formula is C23H23N3O3. The molecule has 6 nitrogen and oxygen atoms in total. The maximum Gasteiger partial charge on any atom is 0.331 e. The lowest BCUT2D eigenvalue weighted by atomic mass is 10.1. The van der Waals surface area contributed by atoms with Crippen molar-refractivity contribution in [1.82, 2.24) is 9.78 Å². The van der Waals surface area contributed by atoms with Crippen molar-refractivity contribution < 1.29 is 14.3 Å². The minimum absolute atomic E-state index is 0.373. The number of allylic oxidation sites excluding steroid dienone is 1. The molecule has 0 aliphatic carbocycles. The summed E-state index contributed by atoms with van der Waals surface area (Å²) in [6.07, 6.45) is 1.34. The minimum atomic E-state index is -0.544. The van der Waals surface area contributed by atoms with Crippen molar-refractivity contribution in [3.05, 3.63) is 77.9 Å².